The molecule has 2 rings (SSSR count). The number of nitrogens with two attached hydrogens (primary N) is 1. The molecular weight excluding hydrogens is 200 g/mol. The van der Waals surface area contributed by atoms with E-state index in [0.717, 1.165) is 23.6 Å². The maximum atomic E-state index is 5.44. The van der Waals surface area contributed by atoms with Gasteiger partial charge < -0.3 is 5.73 Å². The summed E-state index contributed by atoms with van der Waals surface area (Å²) in [5.41, 5.74) is 7.43. The zero-order valence-electron chi connectivity index (χ0n) is 7.97. The standard InChI is InChI=1S/C9H12N4.ClH/c1-7-3-5-13-6-8(2-4-10)12-9(13)11-7;/h3,5-6H,2,4,10H2,1H3;1H. The highest BCUT2D eigenvalue weighted by Gasteiger charge is 2.00. The molecule has 0 fully saturated rings. The molecule has 0 spiro atoms. The van der Waals surface area contributed by atoms with Crippen LogP contribution in [0.25, 0.3) is 5.78 Å². The fraction of sp³-hybridized carbons (Fsp3) is 0.333. The van der Waals surface area contributed by atoms with Crippen molar-refractivity contribution in [1.82, 2.24) is 14.4 Å². The van der Waals surface area contributed by atoms with E-state index in [-0.39, 0.29) is 12.4 Å². The third-order valence-corrected chi connectivity index (χ3v) is 1.92. The molecule has 0 aliphatic rings. The highest BCUT2D eigenvalue weighted by molar-refractivity contribution is 5.85. The van der Waals surface area contributed by atoms with Gasteiger partial charge in [-0.25, -0.2) is 9.97 Å². The van der Waals surface area contributed by atoms with Crippen molar-refractivity contribution in [2.75, 3.05) is 6.54 Å². The third kappa shape index (κ3) is 2.02. The lowest BCUT2D eigenvalue weighted by Crippen LogP contribution is -2.02. The van der Waals surface area contributed by atoms with Crippen molar-refractivity contribution in [3.63, 3.8) is 0 Å². The molecule has 0 unspecified atom stereocenters. The Hall–Kier alpha value is -1.13. The molecule has 0 aliphatic carbocycles. The molecule has 4 nitrogen and oxygen atoms in total. The van der Waals surface area contributed by atoms with Crippen molar-refractivity contribution in [3.8, 4) is 0 Å². The van der Waals surface area contributed by atoms with Gasteiger partial charge in [0.05, 0.1) is 5.69 Å². The molecule has 2 aromatic heterocycles. The number of hydrogen-bond donors (Lipinski definition) is 1. The van der Waals surface area contributed by atoms with Crippen molar-refractivity contribution in [2.45, 2.75) is 13.3 Å². The van der Waals surface area contributed by atoms with E-state index < -0.39 is 0 Å². The summed E-state index contributed by atoms with van der Waals surface area (Å²) in [5.74, 6) is 0.753. The van der Waals surface area contributed by atoms with Gasteiger partial charge in [0.2, 0.25) is 5.78 Å². The van der Waals surface area contributed by atoms with Crippen LogP contribution in [0.1, 0.15) is 11.4 Å². The minimum Gasteiger partial charge on any atom is -0.330 e. The number of rotatable bonds is 2. The molecule has 0 saturated carbocycles. The Morgan fingerprint density at radius 2 is 2.21 bits per heavy atom. The molecule has 2 aromatic rings. The molecule has 0 bridgehead atoms. The average molecular weight is 213 g/mol. The lowest BCUT2D eigenvalue weighted by Gasteiger charge is -1.91. The molecule has 0 saturated heterocycles. The second kappa shape index (κ2) is 4.39. The lowest BCUT2D eigenvalue weighted by molar-refractivity contribution is 0.936. The van der Waals surface area contributed by atoms with Crippen LogP contribution in [-0.4, -0.2) is 20.9 Å². The first-order valence-corrected chi connectivity index (χ1v) is 4.31. The summed E-state index contributed by atoms with van der Waals surface area (Å²) in [4.78, 5) is 8.62. The van der Waals surface area contributed by atoms with Gasteiger partial charge in [0.25, 0.3) is 0 Å². The van der Waals surface area contributed by atoms with Gasteiger partial charge in [-0.15, -0.1) is 12.4 Å². The van der Waals surface area contributed by atoms with E-state index in [1.165, 1.54) is 0 Å². The van der Waals surface area contributed by atoms with Crippen LogP contribution in [0.2, 0.25) is 0 Å². The van der Waals surface area contributed by atoms with Gasteiger partial charge in [-0.1, -0.05) is 0 Å². The van der Waals surface area contributed by atoms with Crippen molar-refractivity contribution in [2.24, 2.45) is 5.73 Å². The molecule has 5 heteroatoms. The van der Waals surface area contributed by atoms with Crippen LogP contribution in [0.3, 0.4) is 0 Å². The topological polar surface area (TPSA) is 56.2 Å². The van der Waals surface area contributed by atoms with Crippen LogP contribution < -0.4 is 5.73 Å². The van der Waals surface area contributed by atoms with E-state index in [1.807, 2.05) is 29.8 Å². The predicted octanol–water partition coefficient (Wildman–Crippen LogP) is 0.961. The molecule has 14 heavy (non-hydrogen) atoms. The van der Waals surface area contributed by atoms with Gasteiger partial charge in [0.1, 0.15) is 0 Å². The van der Waals surface area contributed by atoms with Gasteiger partial charge in [-0.05, 0) is 19.5 Å². The van der Waals surface area contributed by atoms with Gasteiger partial charge in [-0.3, -0.25) is 4.40 Å². The minimum absolute atomic E-state index is 0. The second-order valence-electron chi connectivity index (χ2n) is 3.05. The Kier molecular flexibility index (Phi) is 3.43. The molecular formula is C9H13ClN4. The van der Waals surface area contributed by atoms with Gasteiger partial charge in [0.15, 0.2) is 0 Å². The van der Waals surface area contributed by atoms with Gasteiger partial charge in [0, 0.05) is 24.5 Å². The summed E-state index contributed by atoms with van der Waals surface area (Å²) in [6, 6.07) is 1.96. The van der Waals surface area contributed by atoms with E-state index in [0.29, 0.717) is 6.54 Å². The number of aryl methyl sites for hydroxylation is 1. The molecule has 76 valence electrons. The number of nitrogens with zero attached hydrogens (tertiary/aromatic N) is 3. The van der Waals surface area contributed by atoms with Crippen LogP contribution in [0.5, 0.6) is 0 Å². The summed E-state index contributed by atoms with van der Waals surface area (Å²) >= 11 is 0. The Bertz CT molecular complexity index is 424. The predicted molar refractivity (Wildman–Crippen MR) is 57.7 cm³/mol. The first-order chi connectivity index (χ1) is 6.29. The monoisotopic (exact) mass is 212 g/mol. The maximum Gasteiger partial charge on any atom is 0.234 e. The van der Waals surface area contributed by atoms with Crippen molar-refractivity contribution >= 4 is 18.2 Å². The zero-order chi connectivity index (χ0) is 9.26. The number of fused-ring (bicyclic) bond motifs is 1. The number of halogens is 1. The van der Waals surface area contributed by atoms with E-state index in [1.54, 1.807) is 0 Å². The smallest absolute Gasteiger partial charge is 0.234 e. The third-order valence-electron chi connectivity index (χ3n) is 1.92. The van der Waals surface area contributed by atoms with Crippen LogP contribution in [0, 0.1) is 6.92 Å². The zero-order valence-corrected chi connectivity index (χ0v) is 8.79. The van der Waals surface area contributed by atoms with E-state index in [2.05, 4.69) is 9.97 Å². The van der Waals surface area contributed by atoms with Crippen molar-refractivity contribution < 1.29 is 0 Å². The Labute approximate surface area is 88.6 Å². The first kappa shape index (κ1) is 10.9. The first-order valence-electron chi connectivity index (χ1n) is 4.31. The Morgan fingerprint density at radius 3 is 2.93 bits per heavy atom. The lowest BCUT2D eigenvalue weighted by atomic mass is 10.3. The molecule has 2 N–H and O–H groups in total. The number of hydrogen-bond acceptors (Lipinski definition) is 3. The van der Waals surface area contributed by atoms with E-state index >= 15 is 0 Å². The quantitative estimate of drug-likeness (QED) is 0.807. The SMILES string of the molecule is Cc1ccn2cc(CCN)nc2n1.Cl. The van der Waals surface area contributed by atoms with Crippen LogP contribution >= 0.6 is 12.4 Å². The Morgan fingerprint density at radius 1 is 1.43 bits per heavy atom. The summed E-state index contributed by atoms with van der Waals surface area (Å²) in [7, 11) is 0. The molecule has 0 amide bonds. The summed E-state index contributed by atoms with van der Waals surface area (Å²) in [5, 5.41) is 0. The summed E-state index contributed by atoms with van der Waals surface area (Å²) < 4.78 is 1.91. The fourth-order valence-corrected chi connectivity index (χ4v) is 1.28. The molecule has 0 radical (unpaired) electrons. The van der Waals surface area contributed by atoms with Gasteiger partial charge >= 0.3 is 0 Å². The second-order valence-corrected chi connectivity index (χ2v) is 3.05. The normalized spacial score (nSPS) is 10.1. The van der Waals surface area contributed by atoms with E-state index in [9.17, 15) is 0 Å². The highest BCUT2D eigenvalue weighted by Crippen LogP contribution is 2.03. The molecule has 2 heterocycles. The molecule has 0 atom stereocenters. The van der Waals surface area contributed by atoms with Crippen molar-refractivity contribution in [3.05, 3.63) is 29.8 Å². The van der Waals surface area contributed by atoms with E-state index in [4.69, 9.17) is 5.73 Å². The average Bonchev–Trinajstić information content (AvgIpc) is 2.46. The summed E-state index contributed by atoms with van der Waals surface area (Å²) in [6.45, 7) is 2.58. The van der Waals surface area contributed by atoms with Crippen LogP contribution in [0.15, 0.2) is 18.5 Å². The minimum atomic E-state index is 0. The molecule has 0 aliphatic heterocycles. The highest BCUT2D eigenvalue weighted by atomic mass is 35.5. The number of aromatic nitrogens is 3. The maximum absolute atomic E-state index is 5.44. The largest absolute Gasteiger partial charge is 0.330 e. The van der Waals surface area contributed by atoms with Crippen LogP contribution in [-0.2, 0) is 6.42 Å². The number of imidazole rings is 1. The fourth-order valence-electron chi connectivity index (χ4n) is 1.28. The summed E-state index contributed by atoms with van der Waals surface area (Å²) in [6.07, 6.45) is 4.74. The Balaban J connectivity index is 0.000000980. The van der Waals surface area contributed by atoms with Crippen molar-refractivity contribution in [1.29, 1.82) is 0 Å². The van der Waals surface area contributed by atoms with Crippen LogP contribution in [0.4, 0.5) is 0 Å². The molecule has 0 aromatic carbocycles. The van der Waals surface area contributed by atoms with Gasteiger partial charge in [-0.2, -0.15) is 0 Å².